The van der Waals surface area contributed by atoms with Crippen molar-refractivity contribution in [2.45, 2.75) is 19.3 Å². The first-order valence-corrected chi connectivity index (χ1v) is 15.0. The van der Waals surface area contributed by atoms with Gasteiger partial charge in [0.15, 0.2) is 5.78 Å². The molecule has 3 amide bonds. The number of carbonyl (C=O) groups is 5. The van der Waals surface area contributed by atoms with Crippen molar-refractivity contribution in [1.29, 1.82) is 0 Å². The maximum atomic E-state index is 13.8. The van der Waals surface area contributed by atoms with Crippen LogP contribution in [0.1, 0.15) is 50.3 Å². The molecule has 6 rings (SSSR count). The Kier molecular flexibility index (Phi) is 7.98. The molecule has 2 bridgehead atoms. The lowest BCUT2D eigenvalue weighted by atomic mass is 9.81. The maximum Gasteiger partial charge on any atom is 0.345 e. The smallest absolute Gasteiger partial charge is 0.345 e. The summed E-state index contributed by atoms with van der Waals surface area (Å²) in [7, 11) is 0. The zero-order chi connectivity index (χ0) is 30.6. The van der Waals surface area contributed by atoms with E-state index in [0.717, 1.165) is 29.3 Å². The summed E-state index contributed by atoms with van der Waals surface area (Å²) >= 11 is 24.3. The highest BCUT2D eigenvalue weighted by Crippen LogP contribution is 2.56. The second-order valence-electron chi connectivity index (χ2n) is 10.8. The molecule has 0 N–H and O–H groups in total. The molecule has 2 aliphatic carbocycles. The number of rotatable bonds is 7. The lowest BCUT2D eigenvalue weighted by Gasteiger charge is -2.31. The molecule has 8 nitrogen and oxygen atoms in total. The number of nitrogens with zero attached hydrogens (tertiary/aromatic N) is 2. The molecule has 3 aromatic carbocycles. The van der Waals surface area contributed by atoms with E-state index in [1.165, 1.54) is 60.7 Å². The minimum absolute atomic E-state index is 0.0115. The highest BCUT2D eigenvalue weighted by Gasteiger charge is 2.62. The summed E-state index contributed by atoms with van der Waals surface area (Å²) in [5.74, 6) is -3.70. The number of hydrogen-bond acceptors (Lipinski definition) is 6. The number of ether oxygens (including phenoxy) is 1. The molecule has 3 aliphatic rings. The molecule has 12 heteroatoms. The number of esters is 1. The van der Waals surface area contributed by atoms with E-state index in [9.17, 15) is 24.0 Å². The van der Waals surface area contributed by atoms with Crippen LogP contribution in [0.15, 0.2) is 60.7 Å². The summed E-state index contributed by atoms with van der Waals surface area (Å²) in [4.78, 5) is 67.1. The van der Waals surface area contributed by atoms with E-state index in [2.05, 4.69) is 0 Å². The predicted octanol–water partition coefficient (Wildman–Crippen LogP) is 6.79. The molecule has 4 atom stereocenters. The average Bonchev–Trinajstić information content (AvgIpc) is 3.65. The van der Waals surface area contributed by atoms with E-state index in [-0.39, 0.29) is 44.3 Å². The van der Waals surface area contributed by atoms with Gasteiger partial charge in [-0.25, -0.2) is 9.80 Å². The molecule has 1 heterocycles. The Morgan fingerprint density at radius 2 is 1.30 bits per heavy atom. The van der Waals surface area contributed by atoms with Gasteiger partial charge < -0.3 is 4.74 Å². The molecule has 1 saturated heterocycles. The molecule has 0 unspecified atom stereocenters. The third-order valence-electron chi connectivity index (χ3n) is 8.37. The quantitative estimate of drug-likeness (QED) is 0.120. The third kappa shape index (κ3) is 5.42. The molecular formula is C31H22Cl4N2O6. The van der Waals surface area contributed by atoms with Crippen molar-refractivity contribution < 1.29 is 28.7 Å². The Labute approximate surface area is 266 Å². The van der Waals surface area contributed by atoms with Crippen LogP contribution in [-0.2, 0) is 9.59 Å². The molecule has 0 radical (unpaired) electrons. The summed E-state index contributed by atoms with van der Waals surface area (Å²) in [5, 5.41) is 2.53. The first-order valence-electron chi connectivity index (χ1n) is 13.5. The van der Waals surface area contributed by atoms with Crippen molar-refractivity contribution >= 4 is 75.9 Å². The van der Waals surface area contributed by atoms with Gasteiger partial charge in [-0.3, -0.25) is 19.2 Å². The van der Waals surface area contributed by atoms with Gasteiger partial charge >= 0.3 is 5.97 Å². The Morgan fingerprint density at radius 3 is 1.84 bits per heavy atom. The minimum Gasteiger partial charge on any atom is -0.423 e. The lowest BCUT2D eigenvalue weighted by Crippen LogP contribution is -2.52. The van der Waals surface area contributed by atoms with Crippen LogP contribution in [0.2, 0.25) is 20.1 Å². The molecule has 220 valence electrons. The monoisotopic (exact) mass is 658 g/mol. The zero-order valence-electron chi connectivity index (χ0n) is 22.3. The minimum atomic E-state index is -0.783. The van der Waals surface area contributed by atoms with Gasteiger partial charge in [0.2, 0.25) is 0 Å². The van der Waals surface area contributed by atoms with Crippen LogP contribution in [0.5, 0.6) is 5.75 Å². The van der Waals surface area contributed by atoms with E-state index in [1.807, 2.05) is 0 Å². The number of imide groups is 1. The van der Waals surface area contributed by atoms with Crippen LogP contribution in [-0.4, -0.2) is 46.0 Å². The molecule has 1 aliphatic heterocycles. The Morgan fingerprint density at radius 1 is 0.767 bits per heavy atom. The predicted molar refractivity (Wildman–Crippen MR) is 159 cm³/mol. The van der Waals surface area contributed by atoms with Crippen molar-refractivity contribution in [3.63, 3.8) is 0 Å². The van der Waals surface area contributed by atoms with Gasteiger partial charge in [0.05, 0.1) is 33.0 Å². The fourth-order valence-corrected chi connectivity index (χ4v) is 7.39. The van der Waals surface area contributed by atoms with Gasteiger partial charge in [-0.15, -0.1) is 0 Å². The van der Waals surface area contributed by atoms with E-state index in [1.54, 1.807) is 0 Å². The molecule has 43 heavy (non-hydrogen) atoms. The van der Waals surface area contributed by atoms with Crippen LogP contribution in [0, 0.1) is 23.7 Å². The number of hydrazine groups is 1. The third-order valence-corrected chi connectivity index (χ3v) is 9.47. The first-order chi connectivity index (χ1) is 20.5. The maximum absolute atomic E-state index is 13.8. The van der Waals surface area contributed by atoms with Gasteiger partial charge in [-0.2, -0.15) is 5.01 Å². The van der Waals surface area contributed by atoms with Crippen LogP contribution in [0.4, 0.5) is 0 Å². The van der Waals surface area contributed by atoms with Crippen molar-refractivity contribution in [2.24, 2.45) is 23.7 Å². The summed E-state index contributed by atoms with van der Waals surface area (Å²) < 4.78 is 5.37. The summed E-state index contributed by atoms with van der Waals surface area (Å²) in [6, 6.07) is 14.2. The lowest BCUT2D eigenvalue weighted by molar-refractivity contribution is -0.155. The molecule has 2 saturated carbocycles. The van der Waals surface area contributed by atoms with Crippen molar-refractivity contribution in [3.05, 3.63) is 97.4 Å². The van der Waals surface area contributed by atoms with E-state index < -0.39 is 47.9 Å². The number of halogens is 4. The summed E-state index contributed by atoms with van der Waals surface area (Å²) in [5.41, 5.74) is 0.255. The normalized spacial score (nSPS) is 22.1. The van der Waals surface area contributed by atoms with Gasteiger partial charge in [-0.1, -0.05) is 46.4 Å². The Hall–Kier alpha value is -3.43. The van der Waals surface area contributed by atoms with Gasteiger partial charge in [0.1, 0.15) is 12.3 Å². The topological polar surface area (TPSA) is 101 Å². The molecule has 0 aromatic heterocycles. The van der Waals surface area contributed by atoms with Crippen molar-refractivity contribution in [1.82, 2.24) is 10.0 Å². The number of benzene rings is 3. The Balaban J connectivity index is 1.25. The van der Waals surface area contributed by atoms with Gasteiger partial charge in [0, 0.05) is 15.6 Å². The molecule has 0 spiro atoms. The highest BCUT2D eigenvalue weighted by atomic mass is 35.5. The SMILES string of the molecule is O=C(CN(C(=O)c1ccc(Cl)cc1Cl)N1C(=O)[C@@H]2[C@H]3CC[C@@H](C3)[C@H]2C1=O)c1ccc(OC(=O)c2ccc(Cl)cc2Cl)cc1. The highest BCUT2D eigenvalue weighted by molar-refractivity contribution is 6.37. The second-order valence-corrected chi connectivity index (χ2v) is 12.5. The molecule has 3 aromatic rings. The van der Waals surface area contributed by atoms with E-state index in [4.69, 9.17) is 51.1 Å². The second kappa shape index (κ2) is 11.6. The fourth-order valence-electron chi connectivity index (χ4n) is 6.42. The molecular weight excluding hydrogens is 638 g/mol. The zero-order valence-corrected chi connectivity index (χ0v) is 25.3. The molecule has 3 fully saturated rings. The van der Waals surface area contributed by atoms with Crippen LogP contribution < -0.4 is 4.74 Å². The number of amides is 3. The number of ketones is 1. The fraction of sp³-hybridized carbons (Fsp3) is 0.258. The van der Waals surface area contributed by atoms with Gasteiger partial charge in [-0.05, 0) is 91.8 Å². The van der Waals surface area contributed by atoms with Crippen LogP contribution in [0.3, 0.4) is 0 Å². The van der Waals surface area contributed by atoms with Gasteiger partial charge in [0.25, 0.3) is 17.7 Å². The van der Waals surface area contributed by atoms with Crippen LogP contribution in [0.25, 0.3) is 0 Å². The number of carbonyl (C=O) groups excluding carboxylic acids is 5. The van der Waals surface area contributed by atoms with E-state index >= 15 is 0 Å². The first kappa shape index (κ1) is 29.6. The van der Waals surface area contributed by atoms with Crippen molar-refractivity contribution in [3.8, 4) is 5.75 Å². The number of hydrogen-bond donors (Lipinski definition) is 0. The Bertz CT molecular complexity index is 1670. The summed E-state index contributed by atoms with van der Waals surface area (Å²) in [6.07, 6.45) is 2.53. The number of Topliss-reactive ketones (excluding diaryl/α,β-unsaturated/α-hetero) is 1. The summed E-state index contributed by atoms with van der Waals surface area (Å²) in [6.45, 7) is -0.608. The van der Waals surface area contributed by atoms with Crippen molar-refractivity contribution in [2.75, 3.05) is 6.54 Å². The number of fused-ring (bicyclic) bond motifs is 5. The standard InChI is InChI=1S/C31H22Cl4N2O6/c32-18-5-9-21(23(34)12-18)28(39)36(37-29(40)26-16-1-2-17(11-16)27(26)30(37)41)14-25(38)15-3-7-20(8-4-15)43-31(42)22-10-6-19(33)13-24(22)35/h3-10,12-13,16-17,26-27H,1-2,11,14H2/t16-,17-,26+,27+/m0/s1. The van der Waals surface area contributed by atoms with E-state index in [0.29, 0.717) is 10.0 Å². The average molecular weight is 660 g/mol. The van der Waals surface area contributed by atoms with Crippen LogP contribution >= 0.6 is 46.4 Å². The largest absolute Gasteiger partial charge is 0.423 e.